The number of nitrogens with zero attached hydrogens (tertiary/aromatic N) is 2. The maximum absolute atomic E-state index is 12.6. The van der Waals surface area contributed by atoms with Crippen molar-refractivity contribution in [1.82, 2.24) is 15.1 Å². The number of nitrogens with one attached hydrogen (secondary N) is 1. The smallest absolute Gasteiger partial charge is 0.317 e. The van der Waals surface area contributed by atoms with E-state index in [9.17, 15) is 9.59 Å². The molecule has 7 heteroatoms. The van der Waals surface area contributed by atoms with Gasteiger partial charge in [0.15, 0.2) is 0 Å². The highest BCUT2D eigenvalue weighted by molar-refractivity contribution is 5.80. The largest absolute Gasteiger partial charge is 0.497 e. The van der Waals surface area contributed by atoms with Crippen LogP contribution in [0.4, 0.5) is 4.79 Å². The van der Waals surface area contributed by atoms with Gasteiger partial charge in [-0.3, -0.25) is 4.79 Å². The van der Waals surface area contributed by atoms with Gasteiger partial charge in [0.25, 0.3) is 0 Å². The Bertz CT molecular complexity index is 610. The summed E-state index contributed by atoms with van der Waals surface area (Å²) in [6, 6.07) is 5.46. The fourth-order valence-electron chi connectivity index (χ4n) is 2.79. The Kier molecular flexibility index (Phi) is 6.50. The predicted molar refractivity (Wildman–Crippen MR) is 95.1 cm³/mol. The molecule has 0 radical (unpaired) electrons. The highest BCUT2D eigenvalue weighted by Crippen LogP contribution is 2.25. The Balaban J connectivity index is 1.94. The van der Waals surface area contributed by atoms with E-state index < -0.39 is 0 Å². The molecule has 1 heterocycles. The lowest BCUT2D eigenvalue weighted by Crippen LogP contribution is -2.54. The summed E-state index contributed by atoms with van der Waals surface area (Å²) < 4.78 is 10.6. The predicted octanol–water partition coefficient (Wildman–Crippen LogP) is 1.51. The van der Waals surface area contributed by atoms with Crippen LogP contribution in [0.3, 0.4) is 0 Å². The number of piperazine rings is 1. The number of amides is 3. The number of ether oxygens (including phenoxy) is 2. The minimum absolute atomic E-state index is 0.0236. The van der Waals surface area contributed by atoms with Gasteiger partial charge in [0, 0.05) is 37.8 Å². The summed E-state index contributed by atoms with van der Waals surface area (Å²) in [7, 11) is 3.18. The van der Waals surface area contributed by atoms with Gasteiger partial charge in [0.1, 0.15) is 11.5 Å². The van der Waals surface area contributed by atoms with Crippen molar-refractivity contribution in [3.63, 3.8) is 0 Å². The quantitative estimate of drug-likeness (QED) is 0.875. The van der Waals surface area contributed by atoms with E-state index in [1.54, 1.807) is 36.2 Å². The van der Waals surface area contributed by atoms with Gasteiger partial charge in [-0.1, -0.05) is 0 Å². The maximum atomic E-state index is 12.6. The van der Waals surface area contributed by atoms with Crippen LogP contribution in [0.25, 0.3) is 0 Å². The zero-order valence-electron chi connectivity index (χ0n) is 15.4. The van der Waals surface area contributed by atoms with Crippen molar-refractivity contribution in [3.8, 4) is 11.5 Å². The molecule has 1 fully saturated rings. The molecule has 1 saturated heterocycles. The molecular formula is C18H27N3O4. The van der Waals surface area contributed by atoms with E-state index in [1.807, 2.05) is 19.9 Å². The number of benzene rings is 1. The zero-order chi connectivity index (χ0) is 18.4. The summed E-state index contributed by atoms with van der Waals surface area (Å²) in [5, 5.41) is 2.88. The zero-order valence-corrected chi connectivity index (χ0v) is 15.4. The first kappa shape index (κ1) is 18.9. The lowest BCUT2D eigenvalue weighted by atomic mass is 10.1. The Morgan fingerprint density at radius 2 is 1.72 bits per heavy atom. The minimum Gasteiger partial charge on any atom is -0.497 e. The first-order valence-electron chi connectivity index (χ1n) is 8.48. The molecule has 0 aliphatic carbocycles. The summed E-state index contributed by atoms with van der Waals surface area (Å²) >= 11 is 0. The number of hydrogen-bond donors (Lipinski definition) is 1. The van der Waals surface area contributed by atoms with Gasteiger partial charge in [-0.05, 0) is 32.0 Å². The monoisotopic (exact) mass is 349 g/mol. The van der Waals surface area contributed by atoms with Crippen LogP contribution >= 0.6 is 0 Å². The maximum Gasteiger partial charge on any atom is 0.317 e. The van der Waals surface area contributed by atoms with Crippen molar-refractivity contribution >= 4 is 11.9 Å². The molecule has 3 amide bonds. The van der Waals surface area contributed by atoms with E-state index in [0.29, 0.717) is 37.7 Å². The first-order chi connectivity index (χ1) is 11.9. The van der Waals surface area contributed by atoms with Crippen molar-refractivity contribution in [1.29, 1.82) is 0 Å². The molecule has 7 nitrogen and oxygen atoms in total. The van der Waals surface area contributed by atoms with Gasteiger partial charge in [-0.2, -0.15) is 0 Å². The van der Waals surface area contributed by atoms with Gasteiger partial charge in [0.05, 0.1) is 20.6 Å². The summed E-state index contributed by atoms with van der Waals surface area (Å²) in [5.41, 5.74) is 0.798. The van der Waals surface area contributed by atoms with Gasteiger partial charge in [-0.15, -0.1) is 0 Å². The average Bonchev–Trinajstić information content (AvgIpc) is 2.61. The van der Waals surface area contributed by atoms with Gasteiger partial charge < -0.3 is 24.6 Å². The number of urea groups is 1. The number of carbonyl (C=O) groups is 2. The molecule has 25 heavy (non-hydrogen) atoms. The third-order valence-corrected chi connectivity index (χ3v) is 4.16. The Morgan fingerprint density at radius 3 is 2.28 bits per heavy atom. The second-order valence-corrected chi connectivity index (χ2v) is 6.33. The van der Waals surface area contributed by atoms with Crippen molar-refractivity contribution in [2.75, 3.05) is 40.4 Å². The van der Waals surface area contributed by atoms with Crippen molar-refractivity contribution in [2.45, 2.75) is 26.3 Å². The number of hydrogen-bond acceptors (Lipinski definition) is 4. The van der Waals surface area contributed by atoms with E-state index in [2.05, 4.69) is 5.32 Å². The number of rotatable bonds is 5. The highest BCUT2D eigenvalue weighted by atomic mass is 16.5. The molecule has 1 N–H and O–H groups in total. The molecule has 0 unspecified atom stereocenters. The van der Waals surface area contributed by atoms with E-state index >= 15 is 0 Å². The molecule has 0 bridgehead atoms. The molecule has 0 atom stereocenters. The third kappa shape index (κ3) is 5.01. The van der Waals surface area contributed by atoms with Crippen LogP contribution in [-0.2, 0) is 11.2 Å². The fraction of sp³-hybridized carbons (Fsp3) is 0.556. The van der Waals surface area contributed by atoms with Crippen molar-refractivity contribution in [3.05, 3.63) is 23.8 Å². The lowest BCUT2D eigenvalue weighted by Gasteiger charge is -2.35. The van der Waals surface area contributed by atoms with Gasteiger partial charge in [-0.25, -0.2) is 4.79 Å². The highest BCUT2D eigenvalue weighted by Gasteiger charge is 2.25. The molecule has 0 spiro atoms. The average molecular weight is 349 g/mol. The van der Waals surface area contributed by atoms with Crippen molar-refractivity contribution in [2.24, 2.45) is 0 Å². The second kappa shape index (κ2) is 8.60. The summed E-state index contributed by atoms with van der Waals surface area (Å²) in [5.74, 6) is 1.39. The topological polar surface area (TPSA) is 71.1 Å². The normalized spacial score (nSPS) is 14.4. The van der Waals surface area contributed by atoms with Gasteiger partial charge >= 0.3 is 6.03 Å². The van der Waals surface area contributed by atoms with E-state index in [1.165, 1.54) is 0 Å². The standard InChI is InChI=1S/C18H27N3O4/c1-13(2)19-18(23)21-9-7-20(8-10-21)17(22)12-14-11-15(24-3)5-6-16(14)25-4/h5-6,11,13H,7-10,12H2,1-4H3,(H,19,23). The van der Waals surface area contributed by atoms with Crippen molar-refractivity contribution < 1.29 is 19.1 Å². The van der Waals surface area contributed by atoms with Crippen LogP contribution in [-0.4, -0.2) is 68.2 Å². The minimum atomic E-state index is -0.0726. The molecule has 1 aromatic carbocycles. The molecule has 1 aliphatic heterocycles. The molecule has 1 aliphatic rings. The second-order valence-electron chi connectivity index (χ2n) is 6.33. The van der Waals surface area contributed by atoms with Crippen LogP contribution in [0.1, 0.15) is 19.4 Å². The number of methoxy groups -OCH3 is 2. The third-order valence-electron chi connectivity index (χ3n) is 4.16. The molecule has 138 valence electrons. The molecule has 0 saturated carbocycles. The Morgan fingerprint density at radius 1 is 1.08 bits per heavy atom. The van der Waals surface area contributed by atoms with Crippen LogP contribution in [0.5, 0.6) is 11.5 Å². The SMILES string of the molecule is COc1ccc(OC)c(CC(=O)N2CCN(C(=O)NC(C)C)CC2)c1. The summed E-state index contributed by atoms with van der Waals surface area (Å²) in [6.45, 7) is 6.02. The first-order valence-corrected chi connectivity index (χ1v) is 8.48. The van der Waals surface area contributed by atoms with Crippen LogP contribution in [0.15, 0.2) is 18.2 Å². The molecule has 2 rings (SSSR count). The van der Waals surface area contributed by atoms with Gasteiger partial charge in [0.2, 0.25) is 5.91 Å². The lowest BCUT2D eigenvalue weighted by molar-refractivity contribution is -0.131. The number of carbonyl (C=O) groups excluding carboxylic acids is 2. The van der Waals surface area contributed by atoms with Crippen LogP contribution in [0, 0.1) is 0 Å². The Labute approximate surface area is 148 Å². The molecule has 1 aromatic rings. The summed E-state index contributed by atoms with van der Waals surface area (Å²) in [6.07, 6.45) is 0.249. The fourth-order valence-corrected chi connectivity index (χ4v) is 2.79. The van der Waals surface area contributed by atoms with Crippen LogP contribution in [0.2, 0.25) is 0 Å². The Hall–Kier alpha value is -2.44. The summed E-state index contributed by atoms with van der Waals surface area (Å²) in [4.78, 5) is 28.1. The molecule has 0 aromatic heterocycles. The van der Waals surface area contributed by atoms with Crippen LogP contribution < -0.4 is 14.8 Å². The van der Waals surface area contributed by atoms with E-state index in [0.717, 1.165) is 5.56 Å². The molecular weight excluding hydrogens is 322 g/mol. The van der Waals surface area contributed by atoms with E-state index in [-0.39, 0.29) is 24.4 Å². The van der Waals surface area contributed by atoms with E-state index in [4.69, 9.17) is 9.47 Å².